The van der Waals surface area contributed by atoms with Gasteiger partial charge in [0.05, 0.1) is 0 Å². The van der Waals surface area contributed by atoms with Gasteiger partial charge in [-0.3, -0.25) is 0 Å². The lowest BCUT2D eigenvalue weighted by Crippen LogP contribution is -2.22. The quantitative estimate of drug-likeness (QED) is 0.711. The average molecular weight is 359 g/mol. The summed E-state index contributed by atoms with van der Waals surface area (Å²) in [5, 5.41) is 2.68. The summed E-state index contributed by atoms with van der Waals surface area (Å²) in [5.74, 6) is 5.97. The number of cyclic esters (lactones) is 1. The lowest BCUT2D eigenvalue weighted by atomic mass is 10.0. The lowest BCUT2D eigenvalue weighted by Gasteiger charge is -2.16. The van der Waals surface area contributed by atoms with Gasteiger partial charge in [0.25, 0.3) is 0 Å². The Kier molecular flexibility index (Phi) is 4.50. The number of ether oxygens (including phenoxy) is 1. The van der Waals surface area contributed by atoms with Crippen molar-refractivity contribution < 1.29 is 13.9 Å². The third kappa shape index (κ3) is 3.77. The molecule has 0 unspecified atom stereocenters. The number of nitrogens with zero attached hydrogens (tertiary/aromatic N) is 2. The first-order valence-electron chi connectivity index (χ1n) is 8.32. The second-order valence-corrected chi connectivity index (χ2v) is 5.92. The fourth-order valence-electron chi connectivity index (χ4n) is 2.81. The van der Waals surface area contributed by atoms with Gasteiger partial charge in [-0.15, -0.1) is 0 Å². The summed E-state index contributed by atoms with van der Waals surface area (Å²) >= 11 is 0. The summed E-state index contributed by atoms with van der Waals surface area (Å²) in [6.45, 7) is 0. The van der Waals surface area contributed by atoms with E-state index in [9.17, 15) is 9.18 Å². The molecule has 1 aliphatic rings. The Labute approximate surface area is 155 Å². The van der Waals surface area contributed by atoms with Crippen molar-refractivity contribution in [2.75, 3.05) is 0 Å². The summed E-state index contributed by atoms with van der Waals surface area (Å²) in [4.78, 5) is 20.5. The smallest absolute Gasteiger partial charge is 0.408 e. The van der Waals surface area contributed by atoms with Gasteiger partial charge in [-0.2, -0.15) is 0 Å². The van der Waals surface area contributed by atoms with E-state index in [2.05, 4.69) is 27.1 Å². The highest BCUT2D eigenvalue weighted by Gasteiger charge is 2.38. The molecule has 0 spiro atoms. The van der Waals surface area contributed by atoms with Gasteiger partial charge in [0, 0.05) is 11.8 Å². The van der Waals surface area contributed by atoms with Crippen LogP contribution in [0.5, 0.6) is 0 Å². The van der Waals surface area contributed by atoms with E-state index < -0.39 is 24.1 Å². The van der Waals surface area contributed by atoms with E-state index >= 15 is 0 Å². The first kappa shape index (κ1) is 16.7. The molecule has 1 aromatic heterocycles. The van der Waals surface area contributed by atoms with Gasteiger partial charge in [-0.1, -0.05) is 36.3 Å². The fraction of sp³-hybridized carbons (Fsp3) is 0.0952. The third-order valence-corrected chi connectivity index (χ3v) is 4.05. The maximum Gasteiger partial charge on any atom is 0.408 e. The molecule has 3 aromatic rings. The Morgan fingerprint density at radius 3 is 2.70 bits per heavy atom. The van der Waals surface area contributed by atoms with Gasteiger partial charge < -0.3 is 10.1 Å². The molecular formula is C21H14FN3O2. The van der Waals surface area contributed by atoms with Crippen LogP contribution in [0.25, 0.3) is 0 Å². The predicted octanol–water partition coefficient (Wildman–Crippen LogP) is 3.54. The highest BCUT2D eigenvalue weighted by atomic mass is 19.1. The van der Waals surface area contributed by atoms with Crippen molar-refractivity contribution >= 4 is 6.09 Å². The van der Waals surface area contributed by atoms with Crippen LogP contribution in [0.4, 0.5) is 9.18 Å². The van der Waals surface area contributed by atoms with Crippen molar-refractivity contribution in [2.24, 2.45) is 0 Å². The van der Waals surface area contributed by atoms with Crippen molar-refractivity contribution in [1.29, 1.82) is 0 Å². The van der Waals surface area contributed by atoms with E-state index in [1.165, 1.54) is 12.1 Å². The molecule has 1 amide bonds. The van der Waals surface area contributed by atoms with Crippen LogP contribution in [0.1, 0.15) is 34.8 Å². The number of benzene rings is 2. The number of hydrogen-bond acceptors (Lipinski definition) is 4. The van der Waals surface area contributed by atoms with E-state index in [-0.39, 0.29) is 0 Å². The molecule has 1 fully saturated rings. The Hall–Kier alpha value is -3.72. The minimum Gasteiger partial charge on any atom is -0.439 e. The van der Waals surface area contributed by atoms with Crippen LogP contribution >= 0.6 is 0 Å². The monoisotopic (exact) mass is 359 g/mol. The van der Waals surface area contributed by atoms with Crippen LogP contribution in [0.3, 0.4) is 0 Å². The molecule has 27 heavy (non-hydrogen) atoms. The zero-order chi connectivity index (χ0) is 18.6. The Morgan fingerprint density at radius 1 is 1.04 bits per heavy atom. The molecular weight excluding hydrogens is 345 g/mol. The fourth-order valence-corrected chi connectivity index (χ4v) is 2.81. The first-order chi connectivity index (χ1) is 13.2. The van der Waals surface area contributed by atoms with Gasteiger partial charge in [0.15, 0.2) is 11.9 Å². The summed E-state index contributed by atoms with van der Waals surface area (Å²) < 4.78 is 18.9. The van der Waals surface area contributed by atoms with E-state index in [0.29, 0.717) is 17.1 Å². The van der Waals surface area contributed by atoms with Crippen molar-refractivity contribution in [3.8, 4) is 11.8 Å². The molecule has 2 heterocycles. The molecule has 132 valence electrons. The summed E-state index contributed by atoms with van der Waals surface area (Å²) in [6.07, 6.45) is 0.258. The maximum absolute atomic E-state index is 13.6. The molecule has 1 aliphatic heterocycles. The second kappa shape index (κ2) is 7.26. The lowest BCUT2D eigenvalue weighted by molar-refractivity contribution is 0.131. The second-order valence-electron chi connectivity index (χ2n) is 5.92. The van der Waals surface area contributed by atoms with Gasteiger partial charge >= 0.3 is 6.09 Å². The highest BCUT2D eigenvalue weighted by Crippen LogP contribution is 2.35. The number of hydrogen-bond donors (Lipinski definition) is 1. The van der Waals surface area contributed by atoms with Crippen molar-refractivity contribution in [3.05, 3.63) is 95.3 Å². The number of amides is 1. The zero-order valence-corrected chi connectivity index (χ0v) is 14.1. The Bertz CT molecular complexity index is 1040. The van der Waals surface area contributed by atoms with E-state index in [1.807, 2.05) is 30.3 Å². The van der Waals surface area contributed by atoms with Crippen LogP contribution in [-0.2, 0) is 4.74 Å². The van der Waals surface area contributed by atoms with E-state index in [4.69, 9.17) is 4.74 Å². The van der Waals surface area contributed by atoms with Crippen LogP contribution in [0.2, 0.25) is 0 Å². The largest absolute Gasteiger partial charge is 0.439 e. The minimum atomic E-state index is -0.717. The molecule has 4 rings (SSSR count). The normalized spacial score (nSPS) is 18.2. The number of rotatable bonds is 2. The number of halogens is 1. The molecule has 0 radical (unpaired) electrons. The molecule has 0 aliphatic carbocycles. The summed E-state index contributed by atoms with van der Waals surface area (Å²) in [7, 11) is 0. The van der Waals surface area contributed by atoms with Crippen molar-refractivity contribution in [3.63, 3.8) is 0 Å². The van der Waals surface area contributed by atoms with E-state index in [1.54, 1.807) is 24.4 Å². The van der Waals surface area contributed by atoms with Crippen LogP contribution in [0, 0.1) is 17.7 Å². The minimum absolute atomic E-state index is 0.356. The van der Waals surface area contributed by atoms with Crippen molar-refractivity contribution in [1.82, 2.24) is 15.3 Å². The molecule has 0 bridgehead atoms. The van der Waals surface area contributed by atoms with Crippen LogP contribution in [0.15, 0.2) is 66.9 Å². The highest BCUT2D eigenvalue weighted by molar-refractivity contribution is 5.70. The number of carbonyl (C=O) groups excluding carboxylic acids is 1. The standard InChI is InChI=1S/C21H14FN3O2/c22-16-8-4-7-15(13-16)19-18(25-21(26)27-19)20-23-12-11-17(24-20)10-9-14-5-2-1-3-6-14/h1-8,11-13,18-19H,(H,25,26)/t18-,19+/m1/s1. The SMILES string of the molecule is O=C1N[C@@H](c2nccc(C#Cc3ccccc3)n2)[C@H](c2cccc(F)c2)O1. The Balaban J connectivity index is 1.64. The maximum atomic E-state index is 13.6. The number of carbonyl (C=O) groups is 1. The third-order valence-electron chi connectivity index (χ3n) is 4.05. The van der Waals surface area contributed by atoms with Crippen LogP contribution < -0.4 is 5.32 Å². The number of aromatic nitrogens is 2. The zero-order valence-electron chi connectivity index (χ0n) is 14.1. The predicted molar refractivity (Wildman–Crippen MR) is 96.0 cm³/mol. The summed E-state index contributed by atoms with van der Waals surface area (Å²) in [5.41, 5.74) is 1.92. The molecule has 2 aromatic carbocycles. The van der Waals surface area contributed by atoms with Gasteiger partial charge in [-0.05, 0) is 41.8 Å². The van der Waals surface area contributed by atoms with Crippen molar-refractivity contribution in [2.45, 2.75) is 12.1 Å². The number of alkyl carbamates (subject to hydrolysis) is 1. The average Bonchev–Trinajstić information content (AvgIpc) is 3.09. The van der Waals surface area contributed by atoms with Gasteiger partial charge in [0.2, 0.25) is 0 Å². The molecule has 6 heteroatoms. The topological polar surface area (TPSA) is 64.1 Å². The van der Waals surface area contributed by atoms with E-state index in [0.717, 1.165) is 5.56 Å². The molecule has 2 atom stereocenters. The molecule has 1 saturated heterocycles. The molecule has 0 saturated carbocycles. The van der Waals surface area contributed by atoms with Gasteiger partial charge in [-0.25, -0.2) is 19.2 Å². The first-order valence-corrected chi connectivity index (χ1v) is 8.32. The Morgan fingerprint density at radius 2 is 1.89 bits per heavy atom. The molecule has 1 N–H and O–H groups in total. The summed E-state index contributed by atoms with van der Waals surface area (Å²) in [6, 6.07) is 16.5. The molecule has 5 nitrogen and oxygen atoms in total. The number of nitrogens with one attached hydrogen (secondary N) is 1. The van der Waals surface area contributed by atoms with Gasteiger partial charge in [0.1, 0.15) is 17.6 Å². The van der Waals surface area contributed by atoms with Crippen LogP contribution in [-0.4, -0.2) is 16.1 Å².